The van der Waals surface area contributed by atoms with Gasteiger partial charge >= 0.3 is 0 Å². The number of likely N-dealkylation sites (tertiary alicyclic amines) is 1. The lowest BCUT2D eigenvalue weighted by Gasteiger charge is -2.38. The Morgan fingerprint density at radius 1 is 1.28 bits per heavy atom. The van der Waals surface area contributed by atoms with E-state index in [4.69, 9.17) is 0 Å². The molecule has 0 bridgehead atoms. The third kappa shape index (κ3) is 2.53. The second-order valence-electron chi connectivity index (χ2n) is 6.11. The maximum absolute atomic E-state index is 12.5. The molecule has 5 nitrogen and oxygen atoms in total. The highest BCUT2D eigenvalue weighted by atomic mass is 16.3. The molecule has 2 aliphatic rings. The van der Waals surface area contributed by atoms with Crippen LogP contribution in [0.25, 0.3) is 0 Å². The Morgan fingerprint density at radius 3 is 2.39 bits per heavy atom. The summed E-state index contributed by atoms with van der Waals surface area (Å²) in [7, 11) is 0. The van der Waals surface area contributed by atoms with Crippen LogP contribution in [0, 0.1) is 11.3 Å². The van der Waals surface area contributed by atoms with Gasteiger partial charge in [-0.1, -0.05) is 13.8 Å². The van der Waals surface area contributed by atoms with Gasteiger partial charge in [-0.15, -0.1) is 0 Å². The zero-order chi connectivity index (χ0) is 13.3. The van der Waals surface area contributed by atoms with Crippen molar-refractivity contribution >= 4 is 5.91 Å². The molecular weight excluding hydrogens is 232 g/mol. The van der Waals surface area contributed by atoms with Crippen LogP contribution in [-0.2, 0) is 4.79 Å². The van der Waals surface area contributed by atoms with Crippen molar-refractivity contribution in [2.45, 2.75) is 38.9 Å². The number of aliphatic hydroxyl groups is 2. The molecule has 2 saturated heterocycles. The van der Waals surface area contributed by atoms with Crippen LogP contribution in [0.2, 0.25) is 0 Å². The SMILES string of the molecule is CC(C)(C(=O)N1C[C@@H](O)[C@@H](O)C1)C1CCCNC1. The van der Waals surface area contributed by atoms with Gasteiger partial charge in [0.25, 0.3) is 0 Å². The Morgan fingerprint density at radius 2 is 1.89 bits per heavy atom. The number of aliphatic hydroxyl groups excluding tert-OH is 2. The standard InChI is InChI=1S/C13H24N2O3/c1-13(2,9-4-3-5-14-6-9)12(18)15-7-10(16)11(17)8-15/h9-11,14,16-17H,3-8H2,1-2H3/t9?,10-,11+. The van der Waals surface area contributed by atoms with Crippen LogP contribution in [-0.4, -0.2) is 59.4 Å². The number of nitrogens with one attached hydrogen (secondary N) is 1. The molecule has 0 spiro atoms. The first-order valence-corrected chi connectivity index (χ1v) is 6.79. The first kappa shape index (κ1) is 13.8. The predicted octanol–water partition coefficient (Wildman–Crippen LogP) is -0.424. The van der Waals surface area contributed by atoms with Crippen LogP contribution in [0.4, 0.5) is 0 Å². The van der Waals surface area contributed by atoms with E-state index < -0.39 is 17.6 Å². The highest BCUT2D eigenvalue weighted by Crippen LogP contribution is 2.34. The van der Waals surface area contributed by atoms with E-state index in [0.717, 1.165) is 25.9 Å². The Hall–Kier alpha value is -0.650. The molecule has 0 saturated carbocycles. The number of amides is 1. The zero-order valence-corrected chi connectivity index (χ0v) is 11.2. The van der Waals surface area contributed by atoms with E-state index >= 15 is 0 Å². The number of rotatable bonds is 2. The summed E-state index contributed by atoms with van der Waals surface area (Å²) in [5.74, 6) is 0.375. The van der Waals surface area contributed by atoms with E-state index in [1.54, 1.807) is 4.90 Å². The molecule has 3 N–H and O–H groups in total. The lowest BCUT2D eigenvalue weighted by molar-refractivity contribution is -0.143. The topological polar surface area (TPSA) is 72.8 Å². The van der Waals surface area contributed by atoms with Gasteiger partial charge in [0, 0.05) is 18.5 Å². The molecule has 2 rings (SSSR count). The van der Waals surface area contributed by atoms with E-state index in [1.807, 2.05) is 13.8 Å². The summed E-state index contributed by atoms with van der Waals surface area (Å²) in [5.41, 5.74) is -0.433. The van der Waals surface area contributed by atoms with Crippen molar-refractivity contribution in [2.75, 3.05) is 26.2 Å². The Bertz CT molecular complexity index is 303. The quantitative estimate of drug-likeness (QED) is 0.627. The normalized spacial score (nSPS) is 33.8. The molecule has 2 fully saturated rings. The average molecular weight is 256 g/mol. The lowest BCUT2D eigenvalue weighted by atomic mass is 9.74. The van der Waals surface area contributed by atoms with Crippen molar-refractivity contribution in [3.05, 3.63) is 0 Å². The molecule has 3 atom stereocenters. The molecule has 0 aromatic rings. The molecule has 1 unspecified atom stereocenters. The van der Waals surface area contributed by atoms with Crippen LogP contribution < -0.4 is 5.32 Å². The highest BCUT2D eigenvalue weighted by molar-refractivity contribution is 5.82. The fourth-order valence-electron chi connectivity index (χ4n) is 2.99. The van der Waals surface area contributed by atoms with E-state index in [1.165, 1.54) is 0 Å². The maximum Gasteiger partial charge on any atom is 0.228 e. The number of hydrogen-bond acceptors (Lipinski definition) is 4. The smallest absolute Gasteiger partial charge is 0.228 e. The van der Waals surface area contributed by atoms with Gasteiger partial charge in [0.15, 0.2) is 0 Å². The van der Waals surface area contributed by atoms with Gasteiger partial charge in [-0.25, -0.2) is 0 Å². The molecule has 5 heteroatoms. The van der Waals surface area contributed by atoms with E-state index in [2.05, 4.69) is 5.32 Å². The van der Waals surface area contributed by atoms with E-state index in [9.17, 15) is 15.0 Å². The average Bonchev–Trinajstić information content (AvgIpc) is 2.69. The van der Waals surface area contributed by atoms with Gasteiger partial charge in [-0.05, 0) is 31.8 Å². The van der Waals surface area contributed by atoms with Crippen molar-refractivity contribution in [1.82, 2.24) is 10.2 Å². The van der Waals surface area contributed by atoms with Crippen molar-refractivity contribution in [2.24, 2.45) is 11.3 Å². The number of hydrogen-bond donors (Lipinski definition) is 3. The van der Waals surface area contributed by atoms with Crippen molar-refractivity contribution in [3.8, 4) is 0 Å². The fraction of sp³-hybridized carbons (Fsp3) is 0.923. The second-order valence-corrected chi connectivity index (χ2v) is 6.11. The third-order valence-corrected chi connectivity index (χ3v) is 4.41. The molecule has 2 aliphatic heterocycles. The number of nitrogens with zero attached hydrogens (tertiary/aromatic N) is 1. The summed E-state index contributed by atoms with van der Waals surface area (Å²) >= 11 is 0. The van der Waals surface area contributed by atoms with Crippen molar-refractivity contribution in [1.29, 1.82) is 0 Å². The first-order valence-electron chi connectivity index (χ1n) is 6.79. The number of piperidine rings is 1. The van der Waals surface area contributed by atoms with Crippen LogP contribution in [0.5, 0.6) is 0 Å². The van der Waals surface area contributed by atoms with Crippen LogP contribution in [0.15, 0.2) is 0 Å². The summed E-state index contributed by atoms with van der Waals surface area (Å²) in [4.78, 5) is 14.1. The van der Waals surface area contributed by atoms with Gasteiger partial charge in [0.1, 0.15) is 0 Å². The lowest BCUT2D eigenvalue weighted by Crippen LogP contribution is -2.48. The van der Waals surface area contributed by atoms with Crippen molar-refractivity contribution < 1.29 is 15.0 Å². The minimum Gasteiger partial charge on any atom is -0.388 e. The Balaban J connectivity index is 2.02. The zero-order valence-electron chi connectivity index (χ0n) is 11.2. The predicted molar refractivity (Wildman–Crippen MR) is 68.0 cm³/mol. The van der Waals surface area contributed by atoms with E-state index in [-0.39, 0.29) is 19.0 Å². The molecule has 18 heavy (non-hydrogen) atoms. The van der Waals surface area contributed by atoms with Crippen LogP contribution >= 0.6 is 0 Å². The summed E-state index contributed by atoms with van der Waals surface area (Å²) < 4.78 is 0. The Kier molecular flexibility index (Phi) is 3.94. The van der Waals surface area contributed by atoms with E-state index in [0.29, 0.717) is 5.92 Å². The molecule has 104 valence electrons. The number of carbonyl (C=O) groups is 1. The molecular formula is C13H24N2O3. The second kappa shape index (κ2) is 5.15. The highest BCUT2D eigenvalue weighted by Gasteiger charge is 2.43. The van der Waals surface area contributed by atoms with Gasteiger partial charge in [0.05, 0.1) is 12.2 Å². The first-order chi connectivity index (χ1) is 8.43. The van der Waals surface area contributed by atoms with Crippen LogP contribution in [0.3, 0.4) is 0 Å². The summed E-state index contributed by atoms with van der Waals surface area (Å²) in [6.45, 7) is 6.36. The molecule has 2 heterocycles. The summed E-state index contributed by atoms with van der Waals surface area (Å²) in [5, 5.41) is 22.4. The fourth-order valence-corrected chi connectivity index (χ4v) is 2.99. The van der Waals surface area contributed by atoms with Crippen molar-refractivity contribution in [3.63, 3.8) is 0 Å². The summed E-state index contributed by atoms with van der Waals surface area (Å²) in [6.07, 6.45) is 0.570. The Labute approximate surface area is 108 Å². The van der Waals surface area contributed by atoms with Gasteiger partial charge < -0.3 is 20.4 Å². The molecule has 0 aromatic carbocycles. The minimum absolute atomic E-state index is 0.0480. The molecule has 0 radical (unpaired) electrons. The number of carbonyl (C=O) groups excluding carboxylic acids is 1. The molecule has 0 aliphatic carbocycles. The van der Waals surface area contributed by atoms with Crippen LogP contribution in [0.1, 0.15) is 26.7 Å². The third-order valence-electron chi connectivity index (χ3n) is 4.41. The van der Waals surface area contributed by atoms with Gasteiger partial charge in [0.2, 0.25) is 5.91 Å². The van der Waals surface area contributed by atoms with Gasteiger partial charge in [-0.3, -0.25) is 4.79 Å². The summed E-state index contributed by atoms with van der Waals surface area (Å²) in [6, 6.07) is 0. The molecule has 0 aromatic heterocycles. The molecule has 1 amide bonds. The largest absolute Gasteiger partial charge is 0.388 e. The number of β-amino-alcohol motifs (C(OH)–C–C–N with tert-alkyl or cyclic N) is 2. The minimum atomic E-state index is -0.797. The van der Waals surface area contributed by atoms with Gasteiger partial charge in [-0.2, -0.15) is 0 Å². The monoisotopic (exact) mass is 256 g/mol. The maximum atomic E-state index is 12.5.